The fraction of sp³-hybridized carbons (Fsp3) is 0.143. The van der Waals surface area contributed by atoms with E-state index in [2.05, 4.69) is 31.8 Å². The lowest BCUT2D eigenvalue weighted by molar-refractivity contribution is 0.243. The van der Waals surface area contributed by atoms with E-state index in [1.165, 1.54) is 7.05 Å². The van der Waals surface area contributed by atoms with Crippen LogP contribution in [0.25, 0.3) is 0 Å². The average molecular weight is 262 g/mol. The van der Waals surface area contributed by atoms with Gasteiger partial charge in [-0.3, -0.25) is 0 Å². The van der Waals surface area contributed by atoms with Gasteiger partial charge in [0.1, 0.15) is 0 Å². The van der Waals surface area contributed by atoms with E-state index in [1.807, 2.05) is 11.4 Å². The minimum absolute atomic E-state index is 0.327. The number of nitrogens with one attached hydrogen (secondary N) is 2. The van der Waals surface area contributed by atoms with Crippen LogP contribution in [0.3, 0.4) is 0 Å². The van der Waals surface area contributed by atoms with Crippen molar-refractivity contribution in [2.24, 2.45) is 5.10 Å². The average Bonchev–Trinajstić information content (AvgIpc) is 2.51. The zero-order chi connectivity index (χ0) is 9.68. The number of carbonyl (C=O) groups excluding carboxylic acids is 1. The summed E-state index contributed by atoms with van der Waals surface area (Å²) in [4.78, 5) is 11.6. The summed E-state index contributed by atoms with van der Waals surface area (Å²) in [6, 6.07) is 1.59. The van der Waals surface area contributed by atoms with Crippen molar-refractivity contribution in [3.8, 4) is 0 Å². The molecular weight excluding hydrogens is 254 g/mol. The van der Waals surface area contributed by atoms with Crippen molar-refractivity contribution in [2.75, 3.05) is 7.05 Å². The van der Waals surface area contributed by atoms with Crippen molar-refractivity contribution in [3.63, 3.8) is 0 Å². The van der Waals surface area contributed by atoms with E-state index in [0.717, 1.165) is 9.35 Å². The van der Waals surface area contributed by atoms with Gasteiger partial charge >= 0.3 is 6.03 Å². The molecule has 2 N–H and O–H groups in total. The first-order valence-electron chi connectivity index (χ1n) is 3.47. The van der Waals surface area contributed by atoms with Crippen LogP contribution in [-0.2, 0) is 0 Å². The number of hydrogen-bond acceptors (Lipinski definition) is 3. The van der Waals surface area contributed by atoms with Crippen molar-refractivity contribution in [1.29, 1.82) is 0 Å². The Morgan fingerprint density at radius 2 is 2.54 bits per heavy atom. The highest BCUT2D eigenvalue weighted by atomic mass is 79.9. The lowest BCUT2D eigenvalue weighted by Crippen LogP contribution is -2.28. The van der Waals surface area contributed by atoms with E-state index in [9.17, 15) is 4.79 Å². The normalized spacial score (nSPS) is 10.3. The molecule has 0 unspecified atom stereocenters. The summed E-state index contributed by atoms with van der Waals surface area (Å²) in [5.41, 5.74) is 2.30. The molecule has 4 nitrogen and oxygen atoms in total. The second-order valence-electron chi connectivity index (χ2n) is 2.12. The van der Waals surface area contributed by atoms with Crippen LogP contribution < -0.4 is 10.7 Å². The summed E-state index contributed by atoms with van der Waals surface area (Å²) in [5.74, 6) is 0. The predicted octanol–water partition coefficient (Wildman–Crippen LogP) is 1.77. The molecule has 0 aliphatic carbocycles. The fourth-order valence-corrected chi connectivity index (χ4v) is 1.91. The number of halogens is 1. The SMILES string of the molecule is CNC(=O)N/N=C/c1cc(Br)cs1. The van der Waals surface area contributed by atoms with Crippen LogP contribution in [0, 0.1) is 0 Å². The van der Waals surface area contributed by atoms with Crippen LogP contribution in [0.1, 0.15) is 4.88 Å². The summed E-state index contributed by atoms with van der Waals surface area (Å²) in [5, 5.41) is 8.06. The van der Waals surface area contributed by atoms with Crippen LogP contribution in [0.4, 0.5) is 4.79 Å². The monoisotopic (exact) mass is 261 g/mol. The first-order chi connectivity index (χ1) is 6.22. The minimum atomic E-state index is -0.327. The molecule has 0 saturated heterocycles. The summed E-state index contributed by atoms with van der Waals surface area (Å²) >= 11 is 4.86. The van der Waals surface area contributed by atoms with Gasteiger partial charge in [-0.1, -0.05) is 0 Å². The first-order valence-corrected chi connectivity index (χ1v) is 5.14. The van der Waals surface area contributed by atoms with Crippen LogP contribution >= 0.6 is 27.3 Å². The number of urea groups is 1. The Hall–Kier alpha value is -0.880. The molecule has 1 heterocycles. The standard InChI is InChI=1S/C7H8BrN3OS/c1-9-7(12)11-10-3-6-2-5(8)4-13-6/h2-4H,1H3,(H2,9,11,12)/b10-3+. The van der Waals surface area contributed by atoms with E-state index < -0.39 is 0 Å². The van der Waals surface area contributed by atoms with Gasteiger partial charge in [-0.05, 0) is 22.0 Å². The van der Waals surface area contributed by atoms with Gasteiger partial charge in [0.15, 0.2) is 0 Å². The molecule has 0 spiro atoms. The van der Waals surface area contributed by atoms with Gasteiger partial charge in [0.25, 0.3) is 0 Å². The van der Waals surface area contributed by atoms with Crippen molar-refractivity contribution >= 4 is 39.5 Å². The topological polar surface area (TPSA) is 53.5 Å². The lowest BCUT2D eigenvalue weighted by atomic mass is 10.5. The number of amides is 2. The number of rotatable bonds is 2. The second-order valence-corrected chi connectivity index (χ2v) is 3.97. The molecule has 0 saturated carbocycles. The van der Waals surface area contributed by atoms with E-state index in [-0.39, 0.29) is 6.03 Å². The van der Waals surface area contributed by atoms with Crippen LogP contribution in [0.5, 0.6) is 0 Å². The predicted molar refractivity (Wildman–Crippen MR) is 57.2 cm³/mol. The third-order valence-corrected chi connectivity index (χ3v) is 2.80. The Morgan fingerprint density at radius 3 is 3.08 bits per heavy atom. The summed E-state index contributed by atoms with van der Waals surface area (Å²) in [7, 11) is 1.53. The summed E-state index contributed by atoms with van der Waals surface area (Å²) in [6.45, 7) is 0. The molecule has 70 valence electrons. The number of nitrogens with zero attached hydrogens (tertiary/aromatic N) is 1. The molecular formula is C7H8BrN3OS. The highest BCUT2D eigenvalue weighted by molar-refractivity contribution is 9.10. The molecule has 0 bridgehead atoms. The Bertz CT molecular complexity index is 323. The zero-order valence-electron chi connectivity index (χ0n) is 6.87. The lowest BCUT2D eigenvalue weighted by Gasteiger charge is -1.94. The van der Waals surface area contributed by atoms with Crippen molar-refractivity contribution < 1.29 is 4.79 Å². The molecule has 13 heavy (non-hydrogen) atoms. The molecule has 0 aromatic carbocycles. The van der Waals surface area contributed by atoms with Crippen LogP contribution in [-0.4, -0.2) is 19.3 Å². The molecule has 2 amide bonds. The smallest absolute Gasteiger partial charge is 0.334 e. The number of hydrazone groups is 1. The maximum Gasteiger partial charge on any atom is 0.334 e. The van der Waals surface area contributed by atoms with Gasteiger partial charge in [-0.2, -0.15) is 5.10 Å². The third-order valence-electron chi connectivity index (χ3n) is 1.17. The van der Waals surface area contributed by atoms with Gasteiger partial charge in [0.05, 0.1) is 6.21 Å². The molecule has 1 aromatic rings. The molecule has 0 atom stereocenters. The van der Waals surface area contributed by atoms with Crippen LogP contribution in [0.15, 0.2) is 21.0 Å². The largest absolute Gasteiger partial charge is 0.340 e. The van der Waals surface area contributed by atoms with Crippen LogP contribution in [0.2, 0.25) is 0 Å². The van der Waals surface area contributed by atoms with Gasteiger partial charge in [0.2, 0.25) is 0 Å². The minimum Gasteiger partial charge on any atom is -0.340 e. The Labute approximate surface area is 88.2 Å². The highest BCUT2D eigenvalue weighted by Crippen LogP contribution is 2.17. The van der Waals surface area contributed by atoms with Gasteiger partial charge in [-0.15, -0.1) is 11.3 Å². The van der Waals surface area contributed by atoms with E-state index >= 15 is 0 Å². The molecule has 0 radical (unpaired) electrons. The Kier molecular flexibility index (Phi) is 3.91. The molecule has 1 rings (SSSR count). The maximum absolute atomic E-state index is 10.7. The zero-order valence-corrected chi connectivity index (χ0v) is 9.28. The molecule has 0 fully saturated rings. The number of thiophene rings is 1. The second kappa shape index (κ2) is 4.98. The van der Waals surface area contributed by atoms with Crippen molar-refractivity contribution in [2.45, 2.75) is 0 Å². The molecule has 0 aliphatic heterocycles. The van der Waals surface area contributed by atoms with Crippen molar-refractivity contribution in [1.82, 2.24) is 10.7 Å². The quantitative estimate of drug-likeness (QED) is 0.619. The van der Waals surface area contributed by atoms with Gasteiger partial charge < -0.3 is 5.32 Å². The highest BCUT2D eigenvalue weighted by Gasteiger charge is 1.93. The van der Waals surface area contributed by atoms with Crippen molar-refractivity contribution in [3.05, 3.63) is 20.8 Å². The van der Waals surface area contributed by atoms with E-state index in [0.29, 0.717) is 0 Å². The summed E-state index contributed by atoms with van der Waals surface area (Å²) in [6.07, 6.45) is 1.59. The molecule has 0 aliphatic rings. The number of carbonyl (C=O) groups is 1. The first kappa shape index (κ1) is 10.2. The van der Waals surface area contributed by atoms with Gasteiger partial charge in [-0.25, -0.2) is 10.2 Å². The van der Waals surface area contributed by atoms with E-state index in [1.54, 1.807) is 17.6 Å². The molecule has 1 aromatic heterocycles. The maximum atomic E-state index is 10.7. The Balaban J connectivity index is 2.45. The van der Waals surface area contributed by atoms with E-state index in [4.69, 9.17) is 0 Å². The summed E-state index contributed by atoms with van der Waals surface area (Å²) < 4.78 is 1.01. The number of hydrogen-bond donors (Lipinski definition) is 2. The molecule has 6 heteroatoms. The Morgan fingerprint density at radius 1 is 1.77 bits per heavy atom. The fourth-order valence-electron chi connectivity index (χ4n) is 0.606. The van der Waals surface area contributed by atoms with Gasteiger partial charge in [0, 0.05) is 21.8 Å². The third kappa shape index (κ3) is 3.56.